The fourth-order valence-corrected chi connectivity index (χ4v) is 2.48. The van der Waals surface area contributed by atoms with Gasteiger partial charge in [0.25, 0.3) is 5.69 Å². The predicted octanol–water partition coefficient (Wildman–Crippen LogP) is 1.82. The molecule has 0 saturated heterocycles. The third kappa shape index (κ3) is 2.39. The van der Waals surface area contributed by atoms with Gasteiger partial charge in [-0.15, -0.1) is 0 Å². The van der Waals surface area contributed by atoms with Gasteiger partial charge < -0.3 is 4.90 Å². The molecule has 0 unspecified atom stereocenters. The molecule has 0 spiro atoms. The highest BCUT2D eigenvalue weighted by atomic mass is 16.6. The van der Waals surface area contributed by atoms with E-state index in [0.717, 1.165) is 17.5 Å². The van der Waals surface area contributed by atoms with Crippen molar-refractivity contribution in [3.8, 4) is 6.07 Å². The summed E-state index contributed by atoms with van der Waals surface area (Å²) in [5.74, 6) is 0.525. The minimum atomic E-state index is -0.401. The molecule has 104 valence electrons. The Morgan fingerprint density at radius 3 is 2.86 bits per heavy atom. The fraction of sp³-hybridized carbons (Fsp3) is 0.214. The van der Waals surface area contributed by atoms with Crippen molar-refractivity contribution in [3.63, 3.8) is 0 Å². The van der Waals surface area contributed by atoms with Gasteiger partial charge in [0, 0.05) is 37.6 Å². The second-order valence-corrected chi connectivity index (χ2v) is 4.72. The van der Waals surface area contributed by atoms with Gasteiger partial charge in [0.2, 0.25) is 0 Å². The van der Waals surface area contributed by atoms with E-state index in [-0.39, 0.29) is 11.4 Å². The van der Waals surface area contributed by atoms with Crippen LogP contribution in [0, 0.1) is 21.4 Å². The maximum absolute atomic E-state index is 10.9. The van der Waals surface area contributed by atoms with Crippen LogP contribution in [-0.2, 0) is 13.0 Å². The number of non-ortho nitro benzene ring substituents is 1. The highest BCUT2D eigenvalue weighted by molar-refractivity contribution is 5.53. The van der Waals surface area contributed by atoms with Gasteiger partial charge in [-0.1, -0.05) is 6.07 Å². The standard InChI is InChI=1S/C14H11N5O2/c15-8-13-14(17-5-4-16-13)18-6-3-10-1-2-12(19(20)21)7-11(10)9-18/h1-2,4-5,7H,3,6,9H2. The monoisotopic (exact) mass is 281 g/mol. The van der Waals surface area contributed by atoms with E-state index in [0.29, 0.717) is 18.9 Å². The van der Waals surface area contributed by atoms with E-state index in [1.54, 1.807) is 18.3 Å². The summed E-state index contributed by atoms with van der Waals surface area (Å²) in [6, 6.07) is 6.93. The molecule has 2 aromatic rings. The van der Waals surface area contributed by atoms with Crippen LogP contribution in [-0.4, -0.2) is 21.4 Å². The number of rotatable bonds is 2. The normalized spacial score (nSPS) is 13.4. The molecule has 0 atom stereocenters. The van der Waals surface area contributed by atoms with Gasteiger partial charge in [0.15, 0.2) is 11.5 Å². The molecule has 0 amide bonds. The quantitative estimate of drug-likeness (QED) is 0.615. The fourth-order valence-electron chi connectivity index (χ4n) is 2.48. The molecule has 0 saturated carbocycles. The zero-order valence-electron chi connectivity index (χ0n) is 11.1. The first kappa shape index (κ1) is 13.0. The molecule has 0 fully saturated rings. The number of nitrogens with zero attached hydrogens (tertiary/aromatic N) is 5. The summed E-state index contributed by atoms with van der Waals surface area (Å²) in [5, 5.41) is 20.0. The largest absolute Gasteiger partial charge is 0.350 e. The number of benzene rings is 1. The van der Waals surface area contributed by atoms with Crippen molar-refractivity contribution in [2.75, 3.05) is 11.4 Å². The van der Waals surface area contributed by atoms with Crippen LogP contribution in [0.5, 0.6) is 0 Å². The second kappa shape index (κ2) is 5.17. The number of fused-ring (bicyclic) bond motifs is 1. The Kier molecular flexibility index (Phi) is 3.20. The number of nitro groups is 1. The minimum Gasteiger partial charge on any atom is -0.350 e. The Morgan fingerprint density at radius 2 is 2.10 bits per heavy atom. The number of nitriles is 1. The van der Waals surface area contributed by atoms with Crippen LogP contribution in [0.2, 0.25) is 0 Å². The van der Waals surface area contributed by atoms with E-state index < -0.39 is 4.92 Å². The molecule has 1 aromatic carbocycles. The summed E-state index contributed by atoms with van der Waals surface area (Å²) in [6.45, 7) is 1.20. The highest BCUT2D eigenvalue weighted by Gasteiger charge is 2.22. The first-order valence-electron chi connectivity index (χ1n) is 6.41. The molecule has 21 heavy (non-hydrogen) atoms. The van der Waals surface area contributed by atoms with Crippen LogP contribution in [0.15, 0.2) is 30.6 Å². The van der Waals surface area contributed by atoms with Crippen LogP contribution in [0.3, 0.4) is 0 Å². The molecule has 3 rings (SSSR count). The Labute approximate surface area is 120 Å². The van der Waals surface area contributed by atoms with E-state index in [1.165, 1.54) is 12.3 Å². The molecule has 1 aromatic heterocycles. The average molecular weight is 281 g/mol. The van der Waals surface area contributed by atoms with Crippen molar-refractivity contribution in [1.82, 2.24) is 9.97 Å². The maximum Gasteiger partial charge on any atom is 0.269 e. The Hall–Kier alpha value is -3.01. The van der Waals surface area contributed by atoms with Gasteiger partial charge in [0.05, 0.1) is 4.92 Å². The van der Waals surface area contributed by atoms with E-state index in [1.807, 2.05) is 11.0 Å². The molecular formula is C14H11N5O2. The van der Waals surface area contributed by atoms with Gasteiger partial charge in [-0.3, -0.25) is 10.1 Å². The van der Waals surface area contributed by atoms with Crippen molar-refractivity contribution in [1.29, 1.82) is 5.26 Å². The van der Waals surface area contributed by atoms with Gasteiger partial charge in [0.1, 0.15) is 6.07 Å². The lowest BCUT2D eigenvalue weighted by molar-refractivity contribution is -0.384. The van der Waals surface area contributed by atoms with Crippen molar-refractivity contribution in [2.24, 2.45) is 0 Å². The second-order valence-electron chi connectivity index (χ2n) is 4.72. The van der Waals surface area contributed by atoms with Crippen LogP contribution in [0.1, 0.15) is 16.8 Å². The minimum absolute atomic E-state index is 0.0789. The topological polar surface area (TPSA) is 96.0 Å². The summed E-state index contributed by atoms with van der Waals surface area (Å²) in [7, 11) is 0. The van der Waals surface area contributed by atoms with Crippen LogP contribution < -0.4 is 4.90 Å². The van der Waals surface area contributed by atoms with Gasteiger partial charge in [-0.2, -0.15) is 5.26 Å². The smallest absolute Gasteiger partial charge is 0.269 e. The molecule has 7 heteroatoms. The van der Waals surface area contributed by atoms with E-state index in [2.05, 4.69) is 9.97 Å². The molecule has 0 N–H and O–H groups in total. The Balaban J connectivity index is 1.95. The third-order valence-corrected chi connectivity index (χ3v) is 3.50. The van der Waals surface area contributed by atoms with Gasteiger partial charge >= 0.3 is 0 Å². The van der Waals surface area contributed by atoms with E-state index in [4.69, 9.17) is 5.26 Å². The van der Waals surface area contributed by atoms with Gasteiger partial charge in [-0.05, 0) is 17.5 Å². The van der Waals surface area contributed by atoms with Crippen molar-refractivity contribution in [3.05, 3.63) is 57.5 Å². The first-order valence-corrected chi connectivity index (χ1v) is 6.41. The molecular weight excluding hydrogens is 270 g/mol. The third-order valence-electron chi connectivity index (χ3n) is 3.50. The van der Waals surface area contributed by atoms with E-state index in [9.17, 15) is 10.1 Å². The summed E-state index contributed by atoms with van der Waals surface area (Å²) in [4.78, 5) is 20.6. The lowest BCUT2D eigenvalue weighted by Gasteiger charge is -2.29. The molecule has 0 radical (unpaired) electrons. The Morgan fingerprint density at radius 1 is 1.29 bits per heavy atom. The molecule has 1 aliphatic heterocycles. The number of nitro benzene ring substituents is 1. The number of anilines is 1. The first-order chi connectivity index (χ1) is 10.2. The Bertz CT molecular complexity index is 753. The summed E-state index contributed by atoms with van der Waals surface area (Å²) in [6.07, 6.45) is 3.78. The molecule has 0 aliphatic carbocycles. The zero-order valence-corrected chi connectivity index (χ0v) is 11.1. The van der Waals surface area contributed by atoms with Crippen LogP contribution >= 0.6 is 0 Å². The number of hydrogen-bond acceptors (Lipinski definition) is 6. The molecule has 0 bridgehead atoms. The average Bonchev–Trinajstić information content (AvgIpc) is 2.53. The van der Waals surface area contributed by atoms with Crippen molar-refractivity contribution in [2.45, 2.75) is 13.0 Å². The summed E-state index contributed by atoms with van der Waals surface area (Å²) >= 11 is 0. The van der Waals surface area contributed by atoms with Crippen molar-refractivity contribution >= 4 is 11.5 Å². The van der Waals surface area contributed by atoms with Crippen LogP contribution in [0.4, 0.5) is 11.5 Å². The lowest BCUT2D eigenvalue weighted by Crippen LogP contribution is -2.31. The zero-order chi connectivity index (χ0) is 14.8. The number of hydrogen-bond donors (Lipinski definition) is 0. The molecule has 2 heterocycles. The van der Waals surface area contributed by atoms with Gasteiger partial charge in [-0.25, -0.2) is 9.97 Å². The van der Waals surface area contributed by atoms with E-state index >= 15 is 0 Å². The summed E-state index contributed by atoms with van der Waals surface area (Å²) in [5.41, 5.74) is 2.34. The molecule has 1 aliphatic rings. The number of aromatic nitrogens is 2. The van der Waals surface area contributed by atoms with Crippen molar-refractivity contribution < 1.29 is 4.92 Å². The van der Waals surface area contributed by atoms with Crippen LogP contribution in [0.25, 0.3) is 0 Å². The predicted molar refractivity (Wildman–Crippen MR) is 74.6 cm³/mol. The molecule has 7 nitrogen and oxygen atoms in total. The summed E-state index contributed by atoms with van der Waals surface area (Å²) < 4.78 is 0. The maximum atomic E-state index is 10.9. The lowest BCUT2D eigenvalue weighted by atomic mass is 9.99. The highest BCUT2D eigenvalue weighted by Crippen LogP contribution is 2.27. The SMILES string of the molecule is N#Cc1nccnc1N1CCc2ccc([N+](=O)[O-])cc2C1.